The summed E-state index contributed by atoms with van der Waals surface area (Å²) in [6.07, 6.45) is 7.37. The molecule has 2 aromatic rings. The lowest BCUT2D eigenvalue weighted by atomic mass is 9.89. The molecule has 0 saturated carbocycles. The Morgan fingerprint density at radius 3 is 2.69 bits per heavy atom. The van der Waals surface area contributed by atoms with E-state index >= 15 is 0 Å². The smallest absolute Gasteiger partial charge is 0.252 e. The molecular weight excluding hydrogens is 476 g/mol. The number of pyridine rings is 1. The molecule has 3 atom stereocenters. The predicted octanol–water partition coefficient (Wildman–Crippen LogP) is 2.59. The third-order valence-electron chi connectivity index (χ3n) is 7.31. The molecule has 0 aliphatic carbocycles. The van der Waals surface area contributed by atoms with Crippen molar-refractivity contribution >= 4 is 34.0 Å². The Labute approximate surface area is 216 Å². The Bertz CT molecular complexity index is 1140. The maximum atomic E-state index is 13.4. The number of carbonyl (C=O) groups is 2. The standard InChI is InChI=1S/C26H38N6O3S/c1-16(2)32-24-22(15-28-32)20(25(33)27-14-21-17(3)12-18(4)29-26(21)34)13-23(30-24)19-6-8-31(9-7-19)10-11-36(5)35/h12-13,15-17,19,21H,6-11,14H2,1-5H3,(H,27,33)(H,29,34). The van der Waals surface area contributed by atoms with Crippen molar-refractivity contribution in [3.8, 4) is 0 Å². The van der Waals surface area contributed by atoms with Crippen LogP contribution in [0.2, 0.25) is 0 Å². The highest BCUT2D eigenvalue weighted by Gasteiger charge is 2.30. The fourth-order valence-corrected chi connectivity index (χ4v) is 5.69. The summed E-state index contributed by atoms with van der Waals surface area (Å²) in [5.41, 5.74) is 3.04. The second kappa shape index (κ2) is 11.3. The van der Waals surface area contributed by atoms with E-state index in [1.165, 1.54) is 0 Å². The van der Waals surface area contributed by atoms with Crippen molar-refractivity contribution in [2.45, 2.75) is 52.5 Å². The number of amides is 2. The Kier molecular flexibility index (Phi) is 8.37. The number of hydrogen-bond donors (Lipinski definition) is 2. The first-order valence-corrected chi connectivity index (χ1v) is 14.5. The minimum atomic E-state index is -0.786. The third kappa shape index (κ3) is 5.92. The minimum absolute atomic E-state index is 0.0473. The predicted molar refractivity (Wildman–Crippen MR) is 142 cm³/mol. The number of likely N-dealkylation sites (tertiary alicyclic amines) is 1. The molecule has 9 nitrogen and oxygen atoms in total. The number of fused-ring (bicyclic) bond motifs is 1. The number of aromatic nitrogens is 3. The number of piperidine rings is 1. The molecule has 1 saturated heterocycles. The van der Waals surface area contributed by atoms with Crippen LogP contribution < -0.4 is 10.6 Å². The van der Waals surface area contributed by atoms with E-state index in [9.17, 15) is 14.1 Å². The van der Waals surface area contributed by atoms with E-state index in [1.54, 1.807) is 12.5 Å². The lowest BCUT2D eigenvalue weighted by Gasteiger charge is -2.31. The van der Waals surface area contributed by atoms with E-state index in [2.05, 4.69) is 34.5 Å². The summed E-state index contributed by atoms with van der Waals surface area (Å²) >= 11 is -0.786. The number of rotatable bonds is 8. The van der Waals surface area contributed by atoms with E-state index < -0.39 is 11.2 Å². The van der Waals surface area contributed by atoms with Crippen LogP contribution in [0.4, 0.5) is 0 Å². The molecule has 196 valence electrons. The summed E-state index contributed by atoms with van der Waals surface area (Å²) in [7, 11) is 0. The molecule has 4 heterocycles. The molecule has 1 fully saturated rings. The van der Waals surface area contributed by atoms with Gasteiger partial charge in [-0.3, -0.25) is 14.5 Å². The summed E-state index contributed by atoms with van der Waals surface area (Å²) < 4.78 is 13.3. The average Bonchev–Trinajstić information content (AvgIpc) is 3.26. The molecule has 0 aromatic carbocycles. The van der Waals surface area contributed by atoms with Gasteiger partial charge in [-0.2, -0.15) is 5.10 Å². The number of nitrogens with zero attached hydrogens (tertiary/aromatic N) is 4. The van der Waals surface area contributed by atoms with Crippen molar-refractivity contribution < 1.29 is 14.1 Å². The molecule has 0 bridgehead atoms. The van der Waals surface area contributed by atoms with Gasteiger partial charge in [0.25, 0.3) is 5.91 Å². The van der Waals surface area contributed by atoms with Crippen LogP contribution in [0.1, 0.15) is 68.5 Å². The Morgan fingerprint density at radius 2 is 2.06 bits per heavy atom. The van der Waals surface area contributed by atoms with E-state index in [1.807, 2.05) is 30.7 Å². The molecule has 4 rings (SSSR count). The van der Waals surface area contributed by atoms with Crippen LogP contribution in [0.5, 0.6) is 0 Å². The van der Waals surface area contributed by atoms with Gasteiger partial charge in [0.2, 0.25) is 5.91 Å². The zero-order valence-corrected chi connectivity index (χ0v) is 22.7. The van der Waals surface area contributed by atoms with Crippen LogP contribution in [0.3, 0.4) is 0 Å². The maximum absolute atomic E-state index is 13.4. The van der Waals surface area contributed by atoms with Crippen LogP contribution in [0.15, 0.2) is 24.0 Å². The van der Waals surface area contributed by atoms with Gasteiger partial charge in [-0.1, -0.05) is 24.2 Å². The molecule has 2 aliphatic heterocycles. The van der Waals surface area contributed by atoms with Crippen LogP contribution in [0.25, 0.3) is 11.0 Å². The average molecular weight is 515 g/mol. The molecular formula is C26H38N6O3S. The van der Waals surface area contributed by atoms with Gasteiger partial charge in [-0.05, 0) is 58.7 Å². The second-order valence-corrected chi connectivity index (χ2v) is 12.0. The summed E-state index contributed by atoms with van der Waals surface area (Å²) in [6.45, 7) is 10.9. The van der Waals surface area contributed by atoms with Crippen molar-refractivity contribution in [1.82, 2.24) is 30.3 Å². The summed E-state index contributed by atoms with van der Waals surface area (Å²) in [5, 5.41) is 11.1. The van der Waals surface area contributed by atoms with Crippen molar-refractivity contribution in [3.63, 3.8) is 0 Å². The second-order valence-electron chi connectivity index (χ2n) is 10.4. The Balaban J connectivity index is 1.55. The quantitative estimate of drug-likeness (QED) is 0.523. The maximum Gasteiger partial charge on any atom is 0.252 e. The highest BCUT2D eigenvalue weighted by atomic mass is 32.2. The van der Waals surface area contributed by atoms with E-state index in [0.29, 0.717) is 11.3 Å². The van der Waals surface area contributed by atoms with Crippen molar-refractivity contribution in [2.24, 2.45) is 11.8 Å². The lowest BCUT2D eigenvalue weighted by Crippen LogP contribution is -2.43. The van der Waals surface area contributed by atoms with Gasteiger partial charge < -0.3 is 15.2 Å². The highest BCUT2D eigenvalue weighted by molar-refractivity contribution is 7.90. The molecule has 2 aromatic heterocycles. The first-order valence-electron chi connectivity index (χ1n) is 12.8. The lowest BCUT2D eigenvalue weighted by molar-refractivity contribution is -0.125. The first kappa shape index (κ1) is 26.6. The first-order chi connectivity index (χ1) is 17.1. The van der Waals surface area contributed by atoms with Gasteiger partial charge in [0.15, 0.2) is 5.65 Å². The van der Waals surface area contributed by atoms with Crippen LogP contribution in [-0.4, -0.2) is 74.2 Å². The molecule has 2 aliphatic rings. The Hall–Kier alpha value is -2.43. The molecule has 0 spiro atoms. The number of nitrogens with one attached hydrogen (secondary N) is 2. The molecule has 0 radical (unpaired) electrons. The van der Waals surface area contributed by atoms with Gasteiger partial charge >= 0.3 is 0 Å². The molecule has 3 unspecified atom stereocenters. The van der Waals surface area contributed by atoms with Crippen LogP contribution >= 0.6 is 0 Å². The van der Waals surface area contributed by atoms with Gasteiger partial charge in [0.05, 0.1) is 29.3 Å². The van der Waals surface area contributed by atoms with Gasteiger partial charge in [-0.15, -0.1) is 0 Å². The molecule has 2 N–H and O–H groups in total. The van der Waals surface area contributed by atoms with Crippen LogP contribution in [-0.2, 0) is 16.0 Å². The van der Waals surface area contributed by atoms with Crippen molar-refractivity contribution in [3.05, 3.63) is 35.3 Å². The van der Waals surface area contributed by atoms with E-state index in [-0.39, 0.29) is 42.2 Å². The van der Waals surface area contributed by atoms with E-state index in [4.69, 9.17) is 4.98 Å². The van der Waals surface area contributed by atoms with Gasteiger partial charge in [0.1, 0.15) is 5.75 Å². The minimum Gasteiger partial charge on any atom is -0.617 e. The summed E-state index contributed by atoms with van der Waals surface area (Å²) in [6, 6.07) is 2.03. The summed E-state index contributed by atoms with van der Waals surface area (Å²) in [5.74, 6) is 0.410. The van der Waals surface area contributed by atoms with Crippen molar-refractivity contribution in [2.75, 3.05) is 38.2 Å². The number of carbonyl (C=O) groups excluding carboxylic acids is 2. The topological polar surface area (TPSA) is 115 Å². The number of hydrogen-bond acceptors (Lipinski definition) is 6. The summed E-state index contributed by atoms with van der Waals surface area (Å²) in [4.78, 5) is 33.3. The van der Waals surface area contributed by atoms with Crippen LogP contribution in [0, 0.1) is 11.8 Å². The monoisotopic (exact) mass is 514 g/mol. The van der Waals surface area contributed by atoms with Gasteiger partial charge in [-0.25, -0.2) is 9.67 Å². The van der Waals surface area contributed by atoms with E-state index in [0.717, 1.165) is 54.9 Å². The van der Waals surface area contributed by atoms with Gasteiger partial charge in [0, 0.05) is 36.4 Å². The molecule has 2 amide bonds. The van der Waals surface area contributed by atoms with Crippen molar-refractivity contribution in [1.29, 1.82) is 0 Å². The zero-order valence-electron chi connectivity index (χ0n) is 21.9. The fourth-order valence-electron chi connectivity index (χ4n) is 5.18. The zero-order chi connectivity index (χ0) is 26.0. The largest absolute Gasteiger partial charge is 0.617 e. The molecule has 36 heavy (non-hydrogen) atoms. The Morgan fingerprint density at radius 1 is 1.33 bits per heavy atom. The third-order valence-corrected chi connectivity index (χ3v) is 8.07. The molecule has 10 heteroatoms. The fraction of sp³-hybridized carbons (Fsp3) is 0.615. The normalized spacial score (nSPS) is 22.5. The number of allylic oxidation sites excluding steroid dienone is 2. The SMILES string of the molecule is CC1=CC(C)C(CNC(=O)c2cc(C3CCN(CC[S+](C)[O-])CC3)nc3c2cnn3C(C)C)C(=O)N1. The highest BCUT2D eigenvalue weighted by Crippen LogP contribution is 2.31.